The number of benzene rings is 1. The molecule has 2 rings (SSSR count). The van der Waals surface area contributed by atoms with Gasteiger partial charge in [0.05, 0.1) is 33.1 Å². The average molecular weight is 325 g/mol. The van der Waals surface area contributed by atoms with Crippen LogP contribution in [0.5, 0.6) is 5.75 Å². The van der Waals surface area contributed by atoms with Crippen LogP contribution in [-0.4, -0.2) is 25.7 Å². The van der Waals surface area contributed by atoms with Crippen molar-refractivity contribution in [3.05, 3.63) is 44.7 Å². The molecule has 1 heterocycles. The zero-order chi connectivity index (χ0) is 16.4. The van der Waals surface area contributed by atoms with Crippen molar-refractivity contribution in [1.29, 1.82) is 0 Å². The number of nitro benzene ring substituents is 1. The molecule has 0 saturated carbocycles. The molecule has 0 aliphatic heterocycles. The van der Waals surface area contributed by atoms with Crippen LogP contribution in [-0.2, 0) is 11.3 Å². The van der Waals surface area contributed by atoms with Crippen LogP contribution in [0.3, 0.4) is 0 Å². The maximum Gasteiger partial charge on any atom is 0.273 e. The van der Waals surface area contributed by atoms with Crippen LogP contribution < -0.4 is 5.32 Å². The first kappa shape index (κ1) is 15.8. The Morgan fingerprint density at radius 2 is 2.18 bits per heavy atom. The fourth-order valence-corrected chi connectivity index (χ4v) is 2.03. The molecule has 116 valence electrons. The molecule has 0 aliphatic carbocycles. The third-order valence-electron chi connectivity index (χ3n) is 3.05. The molecular formula is C13H13ClN4O4. The first-order chi connectivity index (χ1) is 10.3. The highest BCUT2D eigenvalue weighted by Crippen LogP contribution is 2.28. The summed E-state index contributed by atoms with van der Waals surface area (Å²) in [6.07, 6.45) is 0. The summed E-state index contributed by atoms with van der Waals surface area (Å²) in [5.41, 5.74) is 1.09. The Bertz CT molecular complexity index is 757. The third-order valence-corrected chi connectivity index (χ3v) is 3.60. The van der Waals surface area contributed by atoms with E-state index >= 15 is 0 Å². The molecule has 2 aromatic rings. The van der Waals surface area contributed by atoms with Gasteiger partial charge in [0.2, 0.25) is 5.91 Å². The third kappa shape index (κ3) is 3.17. The van der Waals surface area contributed by atoms with Crippen molar-refractivity contribution in [1.82, 2.24) is 9.78 Å². The number of hydrogen-bond donors (Lipinski definition) is 2. The molecule has 1 amide bonds. The van der Waals surface area contributed by atoms with Gasteiger partial charge < -0.3 is 10.4 Å². The average Bonchev–Trinajstić information content (AvgIpc) is 2.68. The maximum absolute atomic E-state index is 12.0. The fourth-order valence-electron chi connectivity index (χ4n) is 1.89. The molecule has 0 atom stereocenters. The lowest BCUT2D eigenvalue weighted by molar-refractivity contribution is -0.384. The molecule has 2 N–H and O–H groups in total. The van der Waals surface area contributed by atoms with E-state index in [0.29, 0.717) is 16.4 Å². The zero-order valence-electron chi connectivity index (χ0n) is 11.8. The molecule has 1 aromatic heterocycles. The lowest BCUT2D eigenvalue weighted by atomic mass is 10.2. The van der Waals surface area contributed by atoms with Gasteiger partial charge in [-0.05, 0) is 19.9 Å². The van der Waals surface area contributed by atoms with Crippen LogP contribution in [0.2, 0.25) is 5.02 Å². The molecule has 22 heavy (non-hydrogen) atoms. The quantitative estimate of drug-likeness (QED) is 0.509. The zero-order valence-corrected chi connectivity index (χ0v) is 12.6. The molecule has 0 radical (unpaired) electrons. The number of amides is 1. The summed E-state index contributed by atoms with van der Waals surface area (Å²) in [6, 6.07) is 3.42. The Morgan fingerprint density at radius 1 is 1.50 bits per heavy atom. The number of non-ortho nitro benzene ring substituents is 1. The highest BCUT2D eigenvalue weighted by atomic mass is 35.5. The molecule has 1 aromatic carbocycles. The van der Waals surface area contributed by atoms with Crippen LogP contribution in [0.15, 0.2) is 18.2 Å². The Morgan fingerprint density at radius 3 is 2.68 bits per heavy atom. The van der Waals surface area contributed by atoms with E-state index in [2.05, 4.69) is 10.4 Å². The normalized spacial score (nSPS) is 10.5. The van der Waals surface area contributed by atoms with Gasteiger partial charge in [0.1, 0.15) is 12.3 Å². The molecular weight excluding hydrogens is 312 g/mol. The number of phenols is 1. The number of halogens is 1. The van der Waals surface area contributed by atoms with Crippen molar-refractivity contribution in [2.75, 3.05) is 5.32 Å². The van der Waals surface area contributed by atoms with Crippen molar-refractivity contribution in [3.63, 3.8) is 0 Å². The monoisotopic (exact) mass is 324 g/mol. The summed E-state index contributed by atoms with van der Waals surface area (Å²) >= 11 is 6.00. The van der Waals surface area contributed by atoms with Crippen molar-refractivity contribution >= 4 is 28.9 Å². The van der Waals surface area contributed by atoms with E-state index in [1.165, 1.54) is 16.8 Å². The van der Waals surface area contributed by atoms with Crippen LogP contribution >= 0.6 is 11.6 Å². The van der Waals surface area contributed by atoms with E-state index in [9.17, 15) is 20.0 Å². The maximum atomic E-state index is 12.0. The summed E-state index contributed by atoms with van der Waals surface area (Å²) in [5.74, 6) is -0.819. The molecule has 0 fully saturated rings. The van der Waals surface area contributed by atoms with E-state index in [1.807, 2.05) is 0 Å². The van der Waals surface area contributed by atoms with E-state index in [4.69, 9.17) is 11.6 Å². The number of carbonyl (C=O) groups excluding carboxylic acids is 1. The highest BCUT2D eigenvalue weighted by Gasteiger charge is 2.15. The number of aromatic hydroxyl groups is 1. The standard InChI is InChI=1S/C13H13ClN4O4/c1-7-13(14)8(2)17(16-7)6-12(20)15-10-4-3-9(18(21)22)5-11(10)19/h3-5,19H,6H2,1-2H3,(H,15,20). The summed E-state index contributed by atoms with van der Waals surface area (Å²) < 4.78 is 1.44. The molecule has 0 bridgehead atoms. The van der Waals surface area contributed by atoms with Gasteiger partial charge in [0.25, 0.3) is 5.69 Å². The molecule has 0 unspecified atom stereocenters. The predicted octanol–water partition coefficient (Wildman–Crippen LogP) is 2.41. The Balaban J connectivity index is 2.12. The van der Waals surface area contributed by atoms with E-state index in [-0.39, 0.29) is 23.7 Å². The summed E-state index contributed by atoms with van der Waals surface area (Å²) in [6.45, 7) is 3.38. The summed E-state index contributed by atoms with van der Waals surface area (Å²) in [4.78, 5) is 21.9. The van der Waals surface area contributed by atoms with Crippen LogP contribution in [0, 0.1) is 24.0 Å². The van der Waals surface area contributed by atoms with Gasteiger partial charge in [-0.25, -0.2) is 0 Å². The highest BCUT2D eigenvalue weighted by molar-refractivity contribution is 6.31. The first-order valence-electron chi connectivity index (χ1n) is 6.26. The van der Waals surface area contributed by atoms with Gasteiger partial charge in [-0.15, -0.1) is 0 Å². The van der Waals surface area contributed by atoms with Gasteiger partial charge in [0, 0.05) is 6.07 Å². The van der Waals surface area contributed by atoms with E-state index in [0.717, 1.165) is 6.07 Å². The van der Waals surface area contributed by atoms with Crippen molar-refractivity contribution in [2.24, 2.45) is 0 Å². The lowest BCUT2D eigenvalue weighted by Gasteiger charge is -2.08. The predicted molar refractivity (Wildman–Crippen MR) is 80.1 cm³/mol. The summed E-state index contributed by atoms with van der Waals surface area (Å²) in [7, 11) is 0. The topological polar surface area (TPSA) is 110 Å². The minimum Gasteiger partial charge on any atom is -0.506 e. The number of aryl methyl sites for hydroxylation is 1. The smallest absolute Gasteiger partial charge is 0.273 e. The van der Waals surface area contributed by atoms with E-state index in [1.54, 1.807) is 13.8 Å². The minimum absolute atomic E-state index is 0.0863. The van der Waals surface area contributed by atoms with Gasteiger partial charge in [-0.2, -0.15) is 5.10 Å². The van der Waals surface area contributed by atoms with Gasteiger partial charge in [0.15, 0.2) is 0 Å². The number of anilines is 1. The number of nitrogens with one attached hydrogen (secondary N) is 1. The minimum atomic E-state index is -0.636. The van der Waals surface area contributed by atoms with Crippen molar-refractivity contribution in [2.45, 2.75) is 20.4 Å². The number of aromatic nitrogens is 2. The SMILES string of the molecule is Cc1nn(CC(=O)Nc2ccc([N+](=O)[O-])cc2O)c(C)c1Cl. The van der Waals surface area contributed by atoms with Crippen molar-refractivity contribution in [3.8, 4) is 5.75 Å². The van der Waals surface area contributed by atoms with Crippen LogP contribution in [0.1, 0.15) is 11.4 Å². The molecule has 8 nitrogen and oxygen atoms in total. The van der Waals surface area contributed by atoms with Crippen LogP contribution in [0.25, 0.3) is 0 Å². The molecule has 0 spiro atoms. The van der Waals surface area contributed by atoms with E-state index < -0.39 is 10.8 Å². The second-order valence-electron chi connectivity index (χ2n) is 4.65. The Kier molecular flexibility index (Phi) is 4.32. The fraction of sp³-hybridized carbons (Fsp3) is 0.231. The number of hydrogen-bond acceptors (Lipinski definition) is 5. The lowest BCUT2D eigenvalue weighted by Crippen LogP contribution is -2.20. The van der Waals surface area contributed by atoms with Gasteiger partial charge in [-0.3, -0.25) is 19.6 Å². The second kappa shape index (κ2) is 6.02. The number of carbonyl (C=O) groups is 1. The largest absolute Gasteiger partial charge is 0.506 e. The Labute approximate surface area is 130 Å². The van der Waals surface area contributed by atoms with Gasteiger partial charge in [-0.1, -0.05) is 11.6 Å². The first-order valence-corrected chi connectivity index (χ1v) is 6.64. The summed E-state index contributed by atoms with van der Waals surface area (Å²) in [5, 5.41) is 27.4. The van der Waals surface area contributed by atoms with Gasteiger partial charge >= 0.3 is 0 Å². The number of nitrogens with zero attached hydrogens (tertiary/aromatic N) is 3. The number of rotatable bonds is 4. The molecule has 0 saturated heterocycles. The number of phenolic OH excluding ortho intramolecular Hbond substituents is 1. The molecule has 0 aliphatic rings. The Hall–Kier alpha value is -2.61. The van der Waals surface area contributed by atoms with Crippen molar-refractivity contribution < 1.29 is 14.8 Å². The number of nitro groups is 1. The molecule has 9 heteroatoms. The second-order valence-corrected chi connectivity index (χ2v) is 5.03. The van der Waals surface area contributed by atoms with Crippen LogP contribution in [0.4, 0.5) is 11.4 Å².